The van der Waals surface area contributed by atoms with Gasteiger partial charge in [0.2, 0.25) is 5.91 Å². The summed E-state index contributed by atoms with van der Waals surface area (Å²) in [5.41, 5.74) is 3.10. The first-order valence-corrected chi connectivity index (χ1v) is 10.6. The first kappa shape index (κ1) is 20.9. The summed E-state index contributed by atoms with van der Waals surface area (Å²) in [6.07, 6.45) is 3.56. The number of piperidine rings is 1. The highest BCUT2D eigenvalue weighted by molar-refractivity contribution is 5.97. The Morgan fingerprint density at radius 2 is 1.90 bits per heavy atom. The van der Waals surface area contributed by atoms with Gasteiger partial charge in [-0.25, -0.2) is 4.39 Å². The van der Waals surface area contributed by atoms with Crippen molar-refractivity contribution in [3.63, 3.8) is 0 Å². The predicted octanol–water partition coefficient (Wildman–Crippen LogP) is 4.41. The number of carbonyl (C=O) groups excluding carboxylic acids is 1. The van der Waals surface area contributed by atoms with Crippen LogP contribution in [0.4, 0.5) is 15.9 Å². The second-order valence-corrected chi connectivity index (χ2v) is 7.80. The van der Waals surface area contributed by atoms with Gasteiger partial charge in [0.15, 0.2) is 5.82 Å². The third-order valence-corrected chi connectivity index (χ3v) is 5.55. The molecule has 1 aromatic heterocycles. The van der Waals surface area contributed by atoms with E-state index in [0.717, 1.165) is 37.2 Å². The molecule has 0 bridgehead atoms. The smallest absolute Gasteiger partial charge is 0.229 e. The number of anilines is 2. The number of rotatable bonds is 6. The van der Waals surface area contributed by atoms with Crippen molar-refractivity contribution in [1.82, 2.24) is 9.78 Å². The summed E-state index contributed by atoms with van der Waals surface area (Å²) in [6.45, 7) is 1.76. The number of benzene rings is 2. The molecule has 6 nitrogen and oxygen atoms in total. The van der Waals surface area contributed by atoms with E-state index in [1.54, 1.807) is 24.9 Å². The van der Waals surface area contributed by atoms with Crippen LogP contribution in [0.2, 0.25) is 0 Å². The molecule has 0 spiro atoms. The van der Waals surface area contributed by atoms with Crippen LogP contribution in [0.3, 0.4) is 0 Å². The maximum absolute atomic E-state index is 13.9. The second kappa shape index (κ2) is 9.20. The van der Waals surface area contributed by atoms with Crippen molar-refractivity contribution in [2.24, 2.45) is 7.05 Å². The fraction of sp³-hybridized carbons (Fsp3) is 0.333. The van der Waals surface area contributed by atoms with Crippen LogP contribution >= 0.6 is 0 Å². The largest absolute Gasteiger partial charge is 0.497 e. The zero-order chi connectivity index (χ0) is 21.8. The number of carbonyl (C=O) groups is 1. The van der Waals surface area contributed by atoms with Gasteiger partial charge in [-0.3, -0.25) is 9.48 Å². The van der Waals surface area contributed by atoms with Crippen molar-refractivity contribution in [1.29, 1.82) is 0 Å². The number of methoxy groups -OCH3 is 1. The number of halogens is 1. The van der Waals surface area contributed by atoms with Gasteiger partial charge in [-0.2, -0.15) is 5.10 Å². The molecule has 7 heteroatoms. The molecule has 0 unspecified atom stereocenters. The second-order valence-electron chi connectivity index (χ2n) is 7.80. The lowest BCUT2D eigenvalue weighted by Crippen LogP contribution is -2.31. The Morgan fingerprint density at radius 1 is 1.13 bits per heavy atom. The summed E-state index contributed by atoms with van der Waals surface area (Å²) < 4.78 is 20.8. The van der Waals surface area contributed by atoms with Crippen LogP contribution in [0.25, 0.3) is 11.3 Å². The molecule has 1 saturated heterocycles. The summed E-state index contributed by atoms with van der Waals surface area (Å²) in [6, 6.07) is 13.9. The van der Waals surface area contributed by atoms with E-state index in [1.807, 2.05) is 30.3 Å². The minimum atomic E-state index is -0.309. The number of hydrogen-bond acceptors (Lipinski definition) is 4. The number of ether oxygens (including phenoxy) is 1. The fourth-order valence-electron chi connectivity index (χ4n) is 4.04. The Morgan fingerprint density at radius 3 is 2.65 bits per heavy atom. The van der Waals surface area contributed by atoms with Crippen LogP contribution in [-0.4, -0.2) is 35.9 Å². The molecule has 0 atom stereocenters. The van der Waals surface area contributed by atoms with Crippen molar-refractivity contribution < 1.29 is 13.9 Å². The Balaban J connectivity index is 1.66. The number of amides is 1. The van der Waals surface area contributed by atoms with E-state index in [4.69, 9.17) is 4.74 Å². The minimum Gasteiger partial charge on any atom is -0.497 e. The zero-order valence-electron chi connectivity index (χ0n) is 17.9. The predicted molar refractivity (Wildman–Crippen MR) is 120 cm³/mol. The summed E-state index contributed by atoms with van der Waals surface area (Å²) in [5, 5.41) is 7.71. The molecule has 1 aliphatic heterocycles. The number of nitrogens with one attached hydrogen (secondary N) is 1. The first-order valence-electron chi connectivity index (χ1n) is 10.6. The summed E-state index contributed by atoms with van der Waals surface area (Å²) in [5.74, 6) is 0.902. The molecule has 1 amide bonds. The number of aromatic nitrogens is 2. The topological polar surface area (TPSA) is 59.4 Å². The molecule has 162 valence electrons. The highest BCUT2D eigenvalue weighted by Gasteiger charge is 2.25. The van der Waals surface area contributed by atoms with Gasteiger partial charge in [-0.15, -0.1) is 0 Å². The average molecular weight is 423 g/mol. The Hall–Kier alpha value is -3.35. The maximum atomic E-state index is 13.9. The highest BCUT2D eigenvalue weighted by Crippen LogP contribution is 2.38. The lowest BCUT2D eigenvalue weighted by atomic mass is 10.1. The van der Waals surface area contributed by atoms with Crippen LogP contribution in [-0.2, 0) is 18.3 Å². The van der Waals surface area contributed by atoms with E-state index in [2.05, 4.69) is 15.3 Å². The molecule has 1 N–H and O–H groups in total. The van der Waals surface area contributed by atoms with E-state index in [1.165, 1.54) is 18.6 Å². The van der Waals surface area contributed by atoms with Gasteiger partial charge in [0.1, 0.15) is 22.9 Å². The van der Waals surface area contributed by atoms with Crippen LogP contribution in [0.5, 0.6) is 5.75 Å². The molecular formula is C24H27FN4O2. The highest BCUT2D eigenvalue weighted by atomic mass is 19.1. The molecule has 2 aromatic carbocycles. The Kier molecular flexibility index (Phi) is 6.21. The van der Waals surface area contributed by atoms with Gasteiger partial charge in [-0.05, 0) is 49.1 Å². The van der Waals surface area contributed by atoms with Crippen LogP contribution in [0.1, 0.15) is 24.8 Å². The first-order chi connectivity index (χ1) is 15.0. The van der Waals surface area contributed by atoms with Crippen molar-refractivity contribution in [3.05, 3.63) is 59.9 Å². The van der Waals surface area contributed by atoms with Gasteiger partial charge in [0.25, 0.3) is 0 Å². The monoisotopic (exact) mass is 422 g/mol. The van der Waals surface area contributed by atoms with Crippen LogP contribution in [0, 0.1) is 5.82 Å². The zero-order valence-corrected chi connectivity index (χ0v) is 17.9. The third kappa shape index (κ3) is 4.71. The molecule has 0 aliphatic carbocycles. The number of nitrogens with zero attached hydrogens (tertiary/aromatic N) is 3. The molecule has 2 heterocycles. The van der Waals surface area contributed by atoms with E-state index in [0.29, 0.717) is 22.8 Å². The van der Waals surface area contributed by atoms with Gasteiger partial charge < -0.3 is 15.0 Å². The third-order valence-electron chi connectivity index (χ3n) is 5.55. The molecule has 0 radical (unpaired) electrons. The van der Waals surface area contributed by atoms with Crippen molar-refractivity contribution in [3.8, 4) is 17.0 Å². The van der Waals surface area contributed by atoms with Gasteiger partial charge in [0, 0.05) is 25.7 Å². The van der Waals surface area contributed by atoms with E-state index >= 15 is 0 Å². The maximum Gasteiger partial charge on any atom is 0.229 e. The average Bonchev–Trinajstić information content (AvgIpc) is 3.10. The molecule has 31 heavy (non-hydrogen) atoms. The summed E-state index contributed by atoms with van der Waals surface area (Å²) >= 11 is 0. The lowest BCUT2D eigenvalue weighted by Gasteiger charge is -2.29. The molecule has 3 aromatic rings. The van der Waals surface area contributed by atoms with Crippen molar-refractivity contribution in [2.75, 3.05) is 30.4 Å². The molecule has 4 rings (SSSR count). The van der Waals surface area contributed by atoms with Crippen LogP contribution in [0.15, 0.2) is 48.5 Å². The van der Waals surface area contributed by atoms with E-state index < -0.39 is 0 Å². The van der Waals surface area contributed by atoms with Gasteiger partial charge in [0.05, 0.1) is 13.5 Å². The van der Waals surface area contributed by atoms with E-state index in [9.17, 15) is 9.18 Å². The number of aryl methyl sites for hydroxylation is 1. The van der Waals surface area contributed by atoms with Gasteiger partial charge >= 0.3 is 0 Å². The Bertz CT molecular complexity index is 1070. The number of hydrogen-bond donors (Lipinski definition) is 1. The van der Waals surface area contributed by atoms with Crippen molar-refractivity contribution in [2.45, 2.75) is 25.7 Å². The standard InChI is InChI=1S/C24H27FN4O2/c1-28-24(26-21(30)15-17-8-6-11-20(14-17)31-2)23(29-12-4-3-5-13-29)22(27-28)18-9-7-10-19(25)16-18/h6-11,14,16H,3-5,12-13,15H2,1-2H3,(H,26,30). The van der Waals surface area contributed by atoms with Crippen molar-refractivity contribution >= 4 is 17.4 Å². The normalized spacial score (nSPS) is 13.8. The Labute approximate surface area is 181 Å². The fourth-order valence-corrected chi connectivity index (χ4v) is 4.04. The van der Waals surface area contributed by atoms with E-state index in [-0.39, 0.29) is 18.1 Å². The van der Waals surface area contributed by atoms with Crippen LogP contribution < -0.4 is 15.0 Å². The molecule has 0 saturated carbocycles. The quantitative estimate of drug-likeness (QED) is 0.639. The molecular weight excluding hydrogens is 395 g/mol. The SMILES string of the molecule is COc1cccc(CC(=O)Nc2c(N3CCCCC3)c(-c3cccc(F)c3)nn2C)c1. The summed E-state index contributed by atoms with van der Waals surface area (Å²) in [4.78, 5) is 15.1. The summed E-state index contributed by atoms with van der Waals surface area (Å²) in [7, 11) is 3.41. The molecule has 1 fully saturated rings. The minimum absolute atomic E-state index is 0.139. The molecule has 1 aliphatic rings. The van der Waals surface area contributed by atoms with Gasteiger partial charge in [-0.1, -0.05) is 24.3 Å². The lowest BCUT2D eigenvalue weighted by molar-refractivity contribution is -0.115.